The highest BCUT2D eigenvalue weighted by Crippen LogP contribution is 2.38. The van der Waals surface area contributed by atoms with Crippen molar-refractivity contribution in [1.82, 2.24) is 19.9 Å². The first-order valence-corrected chi connectivity index (χ1v) is 12.0. The summed E-state index contributed by atoms with van der Waals surface area (Å²) in [5.74, 6) is -0.819. The van der Waals surface area contributed by atoms with Crippen LogP contribution >= 0.6 is 11.6 Å². The van der Waals surface area contributed by atoms with Crippen LogP contribution in [0.25, 0.3) is 22.4 Å². The average Bonchev–Trinajstić information content (AvgIpc) is 3.12. The van der Waals surface area contributed by atoms with E-state index in [9.17, 15) is 17.0 Å². The number of aromatic amines is 1. The summed E-state index contributed by atoms with van der Waals surface area (Å²) in [6.07, 6.45) is 4.88. The number of fused-ring (bicyclic) bond motifs is 1. The van der Waals surface area contributed by atoms with Crippen LogP contribution in [0.3, 0.4) is 0 Å². The Bertz CT molecular complexity index is 1420. The third kappa shape index (κ3) is 3.40. The summed E-state index contributed by atoms with van der Waals surface area (Å²) in [4.78, 5) is 14.9. The van der Waals surface area contributed by atoms with E-state index in [2.05, 4.69) is 19.9 Å². The molecule has 0 amide bonds. The van der Waals surface area contributed by atoms with Gasteiger partial charge in [0.05, 0.1) is 32.3 Å². The lowest BCUT2D eigenvalue weighted by atomic mass is 10.2. The number of hydrogen-bond acceptors (Lipinski definition) is 6. The minimum atomic E-state index is -4.03. The van der Waals surface area contributed by atoms with E-state index >= 15 is 0 Å². The molecule has 0 spiro atoms. The highest BCUT2D eigenvalue weighted by atomic mass is 35.5. The summed E-state index contributed by atoms with van der Waals surface area (Å²) in [7, 11) is -5.73. The molecule has 3 aromatic heterocycles. The van der Waals surface area contributed by atoms with Crippen LogP contribution in [0.5, 0.6) is 0 Å². The van der Waals surface area contributed by atoms with Gasteiger partial charge in [-0.3, -0.25) is 4.21 Å². The molecular formula is C19H14ClFN4O3S2. The fraction of sp³-hybridized carbons (Fsp3) is 0.105. The third-order valence-electron chi connectivity index (χ3n) is 4.44. The molecule has 11 heteroatoms. The molecule has 3 heterocycles. The Labute approximate surface area is 178 Å². The lowest BCUT2D eigenvalue weighted by Gasteiger charge is -2.10. The van der Waals surface area contributed by atoms with Crippen molar-refractivity contribution in [2.45, 2.75) is 21.7 Å². The molecule has 154 valence electrons. The predicted octanol–water partition coefficient (Wildman–Crippen LogP) is 3.69. The van der Waals surface area contributed by atoms with E-state index in [-0.39, 0.29) is 42.3 Å². The first-order valence-electron chi connectivity index (χ1n) is 8.54. The Morgan fingerprint density at radius 1 is 1.13 bits per heavy atom. The van der Waals surface area contributed by atoms with E-state index < -0.39 is 26.5 Å². The predicted molar refractivity (Wildman–Crippen MR) is 111 cm³/mol. The van der Waals surface area contributed by atoms with Crippen molar-refractivity contribution >= 4 is 43.3 Å². The number of hydrogen-bond donors (Lipinski definition) is 1. The molecule has 4 aromatic rings. The normalized spacial score (nSPS) is 12.9. The third-order valence-corrected chi connectivity index (χ3v) is 7.52. The van der Waals surface area contributed by atoms with E-state index in [1.54, 1.807) is 12.1 Å². The molecule has 0 radical (unpaired) electrons. The molecule has 0 aliphatic rings. The van der Waals surface area contributed by atoms with Gasteiger partial charge in [0.2, 0.25) is 9.84 Å². The zero-order valence-corrected chi connectivity index (χ0v) is 18.1. The van der Waals surface area contributed by atoms with E-state index in [4.69, 9.17) is 11.6 Å². The van der Waals surface area contributed by atoms with E-state index in [0.29, 0.717) is 0 Å². The average molecular weight is 465 g/mol. The van der Waals surface area contributed by atoms with Gasteiger partial charge in [-0.2, -0.15) is 0 Å². The van der Waals surface area contributed by atoms with Crippen molar-refractivity contribution in [2.75, 3.05) is 6.26 Å². The zero-order valence-electron chi connectivity index (χ0n) is 15.7. The molecule has 1 N–H and O–H groups in total. The van der Waals surface area contributed by atoms with Crippen LogP contribution in [0.4, 0.5) is 4.39 Å². The molecule has 4 rings (SSSR count). The Morgan fingerprint density at radius 2 is 1.83 bits per heavy atom. The monoisotopic (exact) mass is 464 g/mol. The van der Waals surface area contributed by atoms with Gasteiger partial charge in [-0.25, -0.2) is 27.8 Å². The van der Waals surface area contributed by atoms with Crippen molar-refractivity contribution in [1.29, 1.82) is 0 Å². The number of rotatable bonds is 4. The summed E-state index contributed by atoms with van der Waals surface area (Å²) in [5.41, 5.74) is 1.40. The van der Waals surface area contributed by atoms with Crippen molar-refractivity contribution in [3.8, 4) is 11.4 Å². The van der Waals surface area contributed by atoms with Crippen LogP contribution in [0, 0.1) is 12.7 Å². The number of sulfone groups is 1. The molecule has 0 saturated carbocycles. The van der Waals surface area contributed by atoms with Crippen LogP contribution in [0.1, 0.15) is 5.56 Å². The van der Waals surface area contributed by atoms with E-state index in [1.807, 2.05) is 6.92 Å². The second-order valence-electron chi connectivity index (χ2n) is 6.48. The van der Waals surface area contributed by atoms with Crippen LogP contribution < -0.4 is 0 Å². The highest BCUT2D eigenvalue weighted by molar-refractivity contribution is 7.91. The molecule has 0 aliphatic carbocycles. The minimum absolute atomic E-state index is 0.00253. The van der Waals surface area contributed by atoms with Crippen molar-refractivity contribution in [2.24, 2.45) is 0 Å². The number of nitrogens with one attached hydrogen (secondary N) is 1. The van der Waals surface area contributed by atoms with Crippen LogP contribution in [0.2, 0.25) is 5.02 Å². The number of nitrogens with zero attached hydrogens (tertiary/aromatic N) is 3. The number of H-pyrrole nitrogens is 1. The maximum atomic E-state index is 13.9. The van der Waals surface area contributed by atoms with E-state index in [1.165, 1.54) is 30.8 Å². The molecule has 0 fully saturated rings. The maximum absolute atomic E-state index is 13.9. The largest absolute Gasteiger partial charge is 0.345 e. The molecule has 0 saturated heterocycles. The second-order valence-corrected chi connectivity index (χ2v) is 10.1. The minimum Gasteiger partial charge on any atom is -0.345 e. The van der Waals surface area contributed by atoms with Gasteiger partial charge >= 0.3 is 0 Å². The van der Waals surface area contributed by atoms with Gasteiger partial charge in [-0.05, 0) is 19.1 Å². The van der Waals surface area contributed by atoms with Gasteiger partial charge in [-0.15, -0.1) is 0 Å². The molecule has 0 aliphatic heterocycles. The van der Waals surface area contributed by atoms with Gasteiger partial charge in [0.25, 0.3) is 0 Å². The number of halogens is 2. The Kier molecular flexibility index (Phi) is 5.16. The fourth-order valence-electron chi connectivity index (χ4n) is 3.00. The summed E-state index contributed by atoms with van der Waals surface area (Å²) in [5, 5.41) is -0.194. The topological polar surface area (TPSA) is 106 Å². The summed E-state index contributed by atoms with van der Waals surface area (Å²) >= 11 is 6.29. The second kappa shape index (κ2) is 7.53. The molecule has 1 unspecified atom stereocenters. The first-order chi connectivity index (χ1) is 14.2. The quantitative estimate of drug-likeness (QED) is 0.462. The van der Waals surface area contributed by atoms with Crippen LogP contribution in [0.15, 0.2) is 57.7 Å². The molecule has 1 aromatic carbocycles. The van der Waals surface area contributed by atoms with Gasteiger partial charge < -0.3 is 4.98 Å². The summed E-state index contributed by atoms with van der Waals surface area (Å²) in [6.45, 7) is 1.85. The standard InChI is InChI=1S/C19H14ClFN4O3S2/c1-10-3-5-11(6-4-10)30(27,28)16-13(20)8-23-18-15(16)12(7-22-18)17-24-9-14(21)19(25-17)29(2)26/h3-9H,1-2H3,(H,22,23). The molecule has 30 heavy (non-hydrogen) atoms. The summed E-state index contributed by atoms with van der Waals surface area (Å²) in [6, 6.07) is 6.35. The lowest BCUT2D eigenvalue weighted by molar-refractivity contribution is 0.573. The van der Waals surface area contributed by atoms with Crippen molar-refractivity contribution < 1.29 is 17.0 Å². The Hall–Kier alpha value is -2.69. The van der Waals surface area contributed by atoms with Gasteiger partial charge in [-0.1, -0.05) is 29.3 Å². The molecule has 7 nitrogen and oxygen atoms in total. The SMILES string of the molecule is Cc1ccc(S(=O)(=O)c2c(Cl)cnc3[nH]cc(-c4ncc(F)c(S(C)=O)n4)c23)cc1. The van der Waals surface area contributed by atoms with Crippen molar-refractivity contribution in [3.63, 3.8) is 0 Å². The first kappa shape index (κ1) is 20.6. The summed E-state index contributed by atoms with van der Waals surface area (Å²) < 4.78 is 52.5. The Balaban J connectivity index is 2.03. The van der Waals surface area contributed by atoms with E-state index in [0.717, 1.165) is 11.8 Å². The van der Waals surface area contributed by atoms with Crippen LogP contribution in [-0.2, 0) is 20.6 Å². The van der Waals surface area contributed by atoms with Crippen LogP contribution in [-0.4, -0.2) is 38.8 Å². The van der Waals surface area contributed by atoms with Gasteiger partial charge in [0.15, 0.2) is 16.7 Å². The maximum Gasteiger partial charge on any atom is 0.208 e. The number of aryl methyl sites for hydroxylation is 1. The van der Waals surface area contributed by atoms with Gasteiger partial charge in [0.1, 0.15) is 10.5 Å². The number of aromatic nitrogens is 4. The Morgan fingerprint density at radius 3 is 2.50 bits per heavy atom. The lowest BCUT2D eigenvalue weighted by Crippen LogP contribution is -2.05. The highest BCUT2D eigenvalue weighted by Gasteiger charge is 2.28. The van der Waals surface area contributed by atoms with Gasteiger partial charge in [0, 0.05) is 24.2 Å². The van der Waals surface area contributed by atoms with Crippen molar-refractivity contribution in [3.05, 3.63) is 59.3 Å². The number of pyridine rings is 1. The smallest absolute Gasteiger partial charge is 0.208 e. The molecule has 1 atom stereocenters. The fourth-order valence-corrected chi connectivity index (χ4v) is 5.51. The molecular weight excluding hydrogens is 451 g/mol. The zero-order chi connectivity index (χ0) is 21.6. The molecule has 0 bridgehead atoms. The number of benzene rings is 1.